The summed E-state index contributed by atoms with van der Waals surface area (Å²) in [6.07, 6.45) is 3.45. The highest BCUT2D eigenvalue weighted by Crippen LogP contribution is 2.41. The van der Waals surface area contributed by atoms with Gasteiger partial charge in [0, 0.05) is 22.0 Å². The molecule has 0 aliphatic heterocycles. The van der Waals surface area contributed by atoms with E-state index in [9.17, 15) is 0 Å². The Balaban J connectivity index is 1.71. The van der Waals surface area contributed by atoms with E-state index in [-0.39, 0.29) is 0 Å². The van der Waals surface area contributed by atoms with Gasteiger partial charge in [0.05, 0.1) is 16.6 Å². The zero-order chi connectivity index (χ0) is 20.0. The van der Waals surface area contributed by atoms with Crippen LogP contribution in [0.1, 0.15) is 16.0 Å². The zero-order valence-electron chi connectivity index (χ0n) is 16.5. The SMILES string of the molecule is Cc1ccc(-c2c(C)sc3ncnc(Nc4cccc5cccnc45)c23)cc1C. The maximum atomic E-state index is 4.61. The lowest BCUT2D eigenvalue weighted by atomic mass is 9.99. The van der Waals surface area contributed by atoms with Crippen LogP contribution in [0.3, 0.4) is 0 Å². The number of para-hydroxylation sites is 1. The molecule has 0 unspecified atom stereocenters. The van der Waals surface area contributed by atoms with Gasteiger partial charge in [0.2, 0.25) is 0 Å². The van der Waals surface area contributed by atoms with Crippen LogP contribution in [0.4, 0.5) is 11.5 Å². The minimum absolute atomic E-state index is 0.811. The fraction of sp³-hybridized carbons (Fsp3) is 0.125. The van der Waals surface area contributed by atoms with Crippen molar-refractivity contribution in [2.45, 2.75) is 20.8 Å². The van der Waals surface area contributed by atoms with Gasteiger partial charge in [0.15, 0.2) is 0 Å². The van der Waals surface area contributed by atoms with Gasteiger partial charge in [-0.05, 0) is 49.6 Å². The molecule has 3 aromatic heterocycles. The van der Waals surface area contributed by atoms with E-state index in [1.165, 1.54) is 27.1 Å². The van der Waals surface area contributed by atoms with Crippen LogP contribution in [0.2, 0.25) is 0 Å². The molecule has 0 radical (unpaired) electrons. The van der Waals surface area contributed by atoms with E-state index < -0.39 is 0 Å². The minimum Gasteiger partial charge on any atom is -0.338 e. The molecule has 29 heavy (non-hydrogen) atoms. The molecule has 4 nitrogen and oxygen atoms in total. The van der Waals surface area contributed by atoms with E-state index in [2.05, 4.69) is 71.4 Å². The van der Waals surface area contributed by atoms with Crippen LogP contribution < -0.4 is 5.32 Å². The predicted octanol–water partition coefficient (Wildman–Crippen LogP) is 6.58. The van der Waals surface area contributed by atoms with E-state index in [0.717, 1.165) is 32.6 Å². The summed E-state index contributed by atoms with van der Waals surface area (Å²) in [6.45, 7) is 6.45. The molecule has 0 fully saturated rings. The summed E-state index contributed by atoms with van der Waals surface area (Å²) in [5.74, 6) is 0.811. The van der Waals surface area contributed by atoms with Gasteiger partial charge in [-0.1, -0.05) is 36.4 Å². The van der Waals surface area contributed by atoms with Crippen molar-refractivity contribution in [2.24, 2.45) is 0 Å². The molecule has 3 heterocycles. The molecule has 0 saturated heterocycles. The maximum absolute atomic E-state index is 4.61. The van der Waals surface area contributed by atoms with Crippen LogP contribution in [0.5, 0.6) is 0 Å². The van der Waals surface area contributed by atoms with E-state index in [0.29, 0.717) is 0 Å². The van der Waals surface area contributed by atoms with Gasteiger partial charge >= 0.3 is 0 Å². The lowest BCUT2D eigenvalue weighted by Crippen LogP contribution is -1.97. The van der Waals surface area contributed by atoms with E-state index in [1.807, 2.05) is 24.4 Å². The molecule has 5 rings (SSSR count). The van der Waals surface area contributed by atoms with Crippen molar-refractivity contribution < 1.29 is 0 Å². The highest BCUT2D eigenvalue weighted by Gasteiger charge is 2.18. The van der Waals surface area contributed by atoms with Crippen molar-refractivity contribution >= 4 is 44.0 Å². The predicted molar refractivity (Wildman–Crippen MR) is 122 cm³/mol. The van der Waals surface area contributed by atoms with Gasteiger partial charge < -0.3 is 5.32 Å². The molecule has 0 bridgehead atoms. The number of benzene rings is 2. The van der Waals surface area contributed by atoms with Crippen molar-refractivity contribution in [3.63, 3.8) is 0 Å². The smallest absolute Gasteiger partial charge is 0.143 e. The number of fused-ring (bicyclic) bond motifs is 2. The quantitative estimate of drug-likeness (QED) is 0.374. The van der Waals surface area contributed by atoms with Crippen LogP contribution in [-0.4, -0.2) is 15.0 Å². The number of hydrogen-bond acceptors (Lipinski definition) is 5. The average molecular weight is 397 g/mol. The van der Waals surface area contributed by atoms with Crippen molar-refractivity contribution in [3.8, 4) is 11.1 Å². The van der Waals surface area contributed by atoms with Gasteiger partial charge in [-0.25, -0.2) is 9.97 Å². The van der Waals surface area contributed by atoms with Crippen molar-refractivity contribution in [1.82, 2.24) is 15.0 Å². The Bertz CT molecular complexity index is 1370. The van der Waals surface area contributed by atoms with E-state index in [4.69, 9.17) is 0 Å². The second kappa shape index (κ2) is 6.94. The van der Waals surface area contributed by atoms with Gasteiger partial charge in [-0.2, -0.15) is 0 Å². The molecule has 0 amide bonds. The number of thiophene rings is 1. The first-order chi connectivity index (χ1) is 14.1. The Hall–Kier alpha value is -3.31. The fourth-order valence-electron chi connectivity index (χ4n) is 3.72. The molecule has 0 saturated carbocycles. The maximum Gasteiger partial charge on any atom is 0.143 e. The number of hydrogen-bond donors (Lipinski definition) is 1. The molecule has 5 aromatic rings. The first-order valence-corrected chi connectivity index (χ1v) is 10.4. The summed E-state index contributed by atoms with van der Waals surface area (Å²) < 4.78 is 0. The number of anilines is 2. The number of pyridine rings is 1. The summed E-state index contributed by atoms with van der Waals surface area (Å²) >= 11 is 1.71. The molecule has 142 valence electrons. The number of aromatic nitrogens is 3. The van der Waals surface area contributed by atoms with Crippen LogP contribution in [0.15, 0.2) is 61.1 Å². The average Bonchev–Trinajstić information content (AvgIpc) is 3.07. The van der Waals surface area contributed by atoms with Crippen LogP contribution in [0, 0.1) is 20.8 Å². The van der Waals surface area contributed by atoms with Gasteiger partial charge in [-0.15, -0.1) is 11.3 Å². The Labute approximate surface area is 173 Å². The van der Waals surface area contributed by atoms with Crippen LogP contribution >= 0.6 is 11.3 Å². The van der Waals surface area contributed by atoms with Crippen molar-refractivity contribution in [1.29, 1.82) is 0 Å². The Morgan fingerprint density at radius 2 is 1.72 bits per heavy atom. The highest BCUT2D eigenvalue weighted by atomic mass is 32.1. The molecule has 0 aliphatic rings. The standard InChI is InChI=1S/C24H20N4S/c1-14-9-10-18(12-15(14)2)20-16(3)29-24-21(20)23(26-13-27-24)28-19-8-4-6-17-7-5-11-25-22(17)19/h4-13H,1-3H3,(H,26,27,28). The Morgan fingerprint density at radius 3 is 2.59 bits per heavy atom. The third-order valence-corrected chi connectivity index (χ3v) is 6.36. The van der Waals surface area contributed by atoms with Crippen LogP contribution in [-0.2, 0) is 0 Å². The van der Waals surface area contributed by atoms with Crippen molar-refractivity contribution in [3.05, 3.63) is 77.1 Å². The lowest BCUT2D eigenvalue weighted by molar-refractivity contribution is 1.23. The summed E-state index contributed by atoms with van der Waals surface area (Å²) in [6, 6.07) is 16.8. The molecular weight excluding hydrogens is 376 g/mol. The summed E-state index contributed by atoms with van der Waals surface area (Å²) in [7, 11) is 0. The highest BCUT2D eigenvalue weighted by molar-refractivity contribution is 7.19. The first kappa shape index (κ1) is 17.8. The number of rotatable bonds is 3. The van der Waals surface area contributed by atoms with E-state index >= 15 is 0 Å². The molecule has 0 aliphatic carbocycles. The summed E-state index contributed by atoms with van der Waals surface area (Å²) in [5, 5.41) is 5.69. The lowest BCUT2D eigenvalue weighted by Gasteiger charge is -2.11. The second-order valence-corrected chi connectivity index (χ2v) is 8.44. The molecule has 0 spiro atoms. The summed E-state index contributed by atoms with van der Waals surface area (Å²) in [5.41, 5.74) is 6.85. The monoisotopic (exact) mass is 396 g/mol. The first-order valence-electron chi connectivity index (χ1n) is 9.54. The number of aryl methyl sites for hydroxylation is 3. The number of nitrogens with zero attached hydrogens (tertiary/aromatic N) is 3. The molecule has 1 N–H and O–H groups in total. The Kier molecular flexibility index (Phi) is 4.25. The largest absolute Gasteiger partial charge is 0.338 e. The molecule has 2 aromatic carbocycles. The van der Waals surface area contributed by atoms with Gasteiger partial charge in [0.25, 0.3) is 0 Å². The topological polar surface area (TPSA) is 50.7 Å². The van der Waals surface area contributed by atoms with Gasteiger partial charge in [0.1, 0.15) is 17.0 Å². The molecule has 5 heteroatoms. The third kappa shape index (κ3) is 3.04. The third-order valence-electron chi connectivity index (χ3n) is 5.35. The Morgan fingerprint density at radius 1 is 0.862 bits per heavy atom. The summed E-state index contributed by atoms with van der Waals surface area (Å²) in [4.78, 5) is 15.9. The zero-order valence-corrected chi connectivity index (χ0v) is 17.3. The van der Waals surface area contributed by atoms with E-state index in [1.54, 1.807) is 17.7 Å². The fourth-order valence-corrected chi connectivity index (χ4v) is 4.73. The van der Waals surface area contributed by atoms with Crippen molar-refractivity contribution in [2.75, 3.05) is 5.32 Å². The second-order valence-electron chi connectivity index (χ2n) is 7.24. The van der Waals surface area contributed by atoms with Crippen LogP contribution in [0.25, 0.3) is 32.2 Å². The number of nitrogens with one attached hydrogen (secondary N) is 1. The molecular formula is C24H20N4S. The minimum atomic E-state index is 0.811. The molecule has 0 atom stereocenters. The van der Waals surface area contributed by atoms with Gasteiger partial charge in [-0.3, -0.25) is 4.98 Å². The normalized spacial score (nSPS) is 11.3.